The smallest absolute Gasteiger partial charge is 0.315 e. The first-order chi connectivity index (χ1) is 14.6. The van der Waals surface area contributed by atoms with E-state index in [0.717, 1.165) is 24.7 Å². The van der Waals surface area contributed by atoms with E-state index in [-0.39, 0.29) is 24.0 Å². The molecule has 8 nitrogen and oxygen atoms in total. The Hall–Kier alpha value is -2.98. The summed E-state index contributed by atoms with van der Waals surface area (Å²) in [6, 6.07) is 10.4. The van der Waals surface area contributed by atoms with Crippen LogP contribution in [0.5, 0.6) is 5.75 Å². The van der Waals surface area contributed by atoms with Gasteiger partial charge in [-0.1, -0.05) is 53.4 Å². The van der Waals surface area contributed by atoms with Gasteiger partial charge in [0, 0.05) is 12.0 Å². The van der Waals surface area contributed by atoms with Crippen LogP contribution in [0, 0.1) is 5.92 Å². The molecule has 0 spiro atoms. The molecule has 2 aromatic heterocycles. The van der Waals surface area contributed by atoms with Crippen molar-refractivity contribution in [2.75, 3.05) is 5.32 Å². The third kappa shape index (κ3) is 5.55. The number of benzene rings is 1. The number of esters is 1. The lowest BCUT2D eigenvalue weighted by Crippen LogP contribution is -2.16. The molecule has 0 radical (unpaired) electrons. The minimum Gasteiger partial charge on any atom is -0.464 e. The van der Waals surface area contributed by atoms with Crippen molar-refractivity contribution in [3.63, 3.8) is 0 Å². The Morgan fingerprint density at radius 3 is 2.77 bits per heavy atom. The number of carbonyl (C=O) groups is 2. The number of amides is 1. The summed E-state index contributed by atoms with van der Waals surface area (Å²) < 4.78 is 11.2. The van der Waals surface area contributed by atoms with Gasteiger partial charge in [-0.3, -0.25) is 14.4 Å². The van der Waals surface area contributed by atoms with Crippen molar-refractivity contribution >= 4 is 40.1 Å². The number of anilines is 1. The van der Waals surface area contributed by atoms with Crippen LogP contribution in [-0.2, 0) is 21.8 Å². The van der Waals surface area contributed by atoms with Gasteiger partial charge in [-0.05, 0) is 18.4 Å². The lowest BCUT2D eigenvalue weighted by Gasteiger charge is -2.04. The zero-order chi connectivity index (χ0) is 20.9. The Morgan fingerprint density at radius 2 is 2.03 bits per heavy atom. The SMILES string of the molecule is O=C(Cc1ccccc1)Oc1coc(CSc2nnc(NC(=O)C3CC3)s2)cc1=O. The Balaban J connectivity index is 1.30. The summed E-state index contributed by atoms with van der Waals surface area (Å²) in [4.78, 5) is 36.0. The van der Waals surface area contributed by atoms with Gasteiger partial charge in [0.25, 0.3) is 0 Å². The van der Waals surface area contributed by atoms with Crippen LogP contribution in [0.3, 0.4) is 0 Å². The third-order valence-electron chi connectivity index (χ3n) is 4.19. The summed E-state index contributed by atoms with van der Waals surface area (Å²) in [6.45, 7) is 0. The Bertz CT molecular complexity index is 1110. The molecule has 4 rings (SSSR count). The highest BCUT2D eigenvalue weighted by molar-refractivity contribution is 8.00. The Labute approximate surface area is 179 Å². The van der Waals surface area contributed by atoms with Gasteiger partial charge in [0.1, 0.15) is 12.0 Å². The van der Waals surface area contributed by atoms with Crippen molar-refractivity contribution in [2.24, 2.45) is 5.92 Å². The van der Waals surface area contributed by atoms with Gasteiger partial charge in [-0.15, -0.1) is 10.2 Å². The average molecular weight is 444 g/mol. The summed E-state index contributed by atoms with van der Waals surface area (Å²) in [5.41, 5.74) is 0.359. The molecule has 30 heavy (non-hydrogen) atoms. The molecule has 0 saturated heterocycles. The maximum atomic E-state index is 12.2. The van der Waals surface area contributed by atoms with E-state index in [1.165, 1.54) is 29.2 Å². The second-order valence-electron chi connectivity index (χ2n) is 6.64. The fourth-order valence-corrected chi connectivity index (χ4v) is 4.16. The molecular formula is C20H17N3O5S2. The highest BCUT2D eigenvalue weighted by Gasteiger charge is 2.30. The van der Waals surface area contributed by atoms with E-state index in [1.54, 1.807) is 12.1 Å². The van der Waals surface area contributed by atoms with E-state index in [2.05, 4.69) is 15.5 Å². The van der Waals surface area contributed by atoms with E-state index >= 15 is 0 Å². The van der Waals surface area contributed by atoms with Crippen LogP contribution in [0.1, 0.15) is 24.2 Å². The van der Waals surface area contributed by atoms with Crippen molar-refractivity contribution in [2.45, 2.75) is 29.4 Å². The van der Waals surface area contributed by atoms with Crippen molar-refractivity contribution in [1.82, 2.24) is 10.2 Å². The molecule has 0 unspecified atom stereocenters. The predicted molar refractivity (Wildman–Crippen MR) is 112 cm³/mol. The molecule has 1 saturated carbocycles. The number of aromatic nitrogens is 2. The zero-order valence-electron chi connectivity index (χ0n) is 15.7. The zero-order valence-corrected chi connectivity index (χ0v) is 17.3. The second-order valence-corrected chi connectivity index (χ2v) is 8.84. The predicted octanol–water partition coefficient (Wildman–Crippen LogP) is 3.28. The average Bonchev–Trinajstić information content (AvgIpc) is 3.50. The number of hydrogen-bond donors (Lipinski definition) is 1. The monoisotopic (exact) mass is 443 g/mol. The van der Waals surface area contributed by atoms with Gasteiger partial charge < -0.3 is 14.5 Å². The van der Waals surface area contributed by atoms with E-state index in [9.17, 15) is 14.4 Å². The van der Waals surface area contributed by atoms with Crippen LogP contribution in [0.15, 0.2) is 56.2 Å². The molecule has 1 aliphatic carbocycles. The maximum Gasteiger partial charge on any atom is 0.315 e. The lowest BCUT2D eigenvalue weighted by atomic mass is 10.2. The summed E-state index contributed by atoms with van der Waals surface area (Å²) in [7, 11) is 0. The quantitative estimate of drug-likeness (QED) is 0.321. The van der Waals surface area contributed by atoms with E-state index in [0.29, 0.717) is 21.0 Å². The van der Waals surface area contributed by atoms with Crippen LogP contribution in [0.4, 0.5) is 5.13 Å². The van der Waals surface area contributed by atoms with Gasteiger partial charge in [-0.2, -0.15) is 0 Å². The fraction of sp³-hybridized carbons (Fsp3) is 0.250. The van der Waals surface area contributed by atoms with Crippen molar-refractivity contribution in [3.05, 3.63) is 64.2 Å². The van der Waals surface area contributed by atoms with Crippen LogP contribution in [0.25, 0.3) is 0 Å². The molecule has 1 amide bonds. The molecule has 1 aliphatic rings. The molecule has 1 fully saturated rings. The first-order valence-corrected chi connectivity index (χ1v) is 11.0. The fourth-order valence-electron chi connectivity index (χ4n) is 2.51. The largest absolute Gasteiger partial charge is 0.464 e. The first kappa shape index (κ1) is 20.3. The van der Waals surface area contributed by atoms with Crippen molar-refractivity contribution in [3.8, 4) is 5.75 Å². The minimum atomic E-state index is -0.537. The maximum absolute atomic E-state index is 12.2. The van der Waals surface area contributed by atoms with Crippen LogP contribution >= 0.6 is 23.1 Å². The summed E-state index contributed by atoms with van der Waals surface area (Å²) in [5, 5.41) is 11.2. The van der Waals surface area contributed by atoms with E-state index < -0.39 is 11.4 Å². The van der Waals surface area contributed by atoms with Gasteiger partial charge in [-0.25, -0.2) is 0 Å². The number of nitrogens with zero attached hydrogens (tertiary/aromatic N) is 2. The van der Waals surface area contributed by atoms with Gasteiger partial charge in [0.15, 0.2) is 4.34 Å². The van der Waals surface area contributed by atoms with Gasteiger partial charge in [0.2, 0.25) is 22.2 Å². The Kier molecular flexibility index (Phi) is 6.24. The van der Waals surface area contributed by atoms with Crippen LogP contribution in [0.2, 0.25) is 0 Å². The van der Waals surface area contributed by atoms with E-state index in [4.69, 9.17) is 9.15 Å². The molecule has 0 bridgehead atoms. The first-order valence-electron chi connectivity index (χ1n) is 9.20. The van der Waals surface area contributed by atoms with Crippen molar-refractivity contribution in [1.29, 1.82) is 0 Å². The molecule has 154 valence electrons. The number of carbonyl (C=O) groups excluding carboxylic acids is 2. The summed E-state index contributed by atoms with van der Waals surface area (Å²) in [5.74, 6) is 0.145. The molecule has 0 atom stereocenters. The third-order valence-corrected chi connectivity index (χ3v) is 6.18. The van der Waals surface area contributed by atoms with Gasteiger partial charge >= 0.3 is 5.97 Å². The number of ether oxygens (including phenoxy) is 1. The minimum absolute atomic E-state index is 0.0221. The van der Waals surface area contributed by atoms with Crippen LogP contribution in [-0.4, -0.2) is 22.1 Å². The van der Waals surface area contributed by atoms with E-state index in [1.807, 2.05) is 18.2 Å². The number of rotatable bonds is 8. The summed E-state index contributed by atoms with van der Waals surface area (Å²) in [6.07, 6.45) is 3.04. The number of hydrogen-bond acceptors (Lipinski definition) is 9. The van der Waals surface area contributed by atoms with Crippen molar-refractivity contribution < 1.29 is 18.7 Å². The standard InChI is InChI=1S/C20H17N3O5S2/c24-15-9-14(11-29-20-23-22-19(30-20)21-18(26)13-6-7-13)27-10-16(15)28-17(25)8-12-4-2-1-3-5-12/h1-5,9-10,13H,6-8,11H2,(H,21,22,26). The molecule has 2 heterocycles. The molecule has 1 N–H and O–H groups in total. The lowest BCUT2D eigenvalue weighted by molar-refractivity contribution is -0.133. The molecule has 3 aromatic rings. The number of nitrogens with one attached hydrogen (secondary N) is 1. The molecule has 0 aliphatic heterocycles. The normalized spacial score (nSPS) is 13.1. The molecular weight excluding hydrogens is 426 g/mol. The number of thioether (sulfide) groups is 1. The molecule has 10 heteroatoms. The highest BCUT2D eigenvalue weighted by atomic mass is 32.2. The Morgan fingerprint density at radius 1 is 1.23 bits per heavy atom. The summed E-state index contributed by atoms with van der Waals surface area (Å²) >= 11 is 2.59. The van der Waals surface area contributed by atoms with Gasteiger partial charge in [0.05, 0.1) is 12.2 Å². The highest BCUT2D eigenvalue weighted by Crippen LogP contribution is 2.32. The van der Waals surface area contributed by atoms with Crippen LogP contribution < -0.4 is 15.5 Å². The molecule has 1 aromatic carbocycles. The topological polar surface area (TPSA) is 111 Å². The second kappa shape index (κ2) is 9.23.